The fourth-order valence-corrected chi connectivity index (χ4v) is 2.29. The molecule has 0 radical (unpaired) electrons. The molecule has 0 aromatic carbocycles. The minimum Gasteiger partial charge on any atom is -0.466 e. The van der Waals surface area contributed by atoms with Crippen molar-refractivity contribution in [3.63, 3.8) is 0 Å². The van der Waals surface area contributed by atoms with E-state index < -0.39 is 0 Å². The van der Waals surface area contributed by atoms with Crippen LogP contribution in [0, 0.1) is 0 Å². The summed E-state index contributed by atoms with van der Waals surface area (Å²) in [6, 6.07) is 0. The third-order valence-corrected chi connectivity index (χ3v) is 3.43. The van der Waals surface area contributed by atoms with E-state index >= 15 is 0 Å². The molecular weight excluding hydrogens is 230 g/mol. The van der Waals surface area contributed by atoms with Gasteiger partial charge in [-0.15, -0.1) is 0 Å². The van der Waals surface area contributed by atoms with Gasteiger partial charge in [0.1, 0.15) is 0 Å². The lowest BCUT2D eigenvalue weighted by atomic mass is 10.0. The Morgan fingerprint density at radius 2 is 2.11 bits per heavy atom. The van der Waals surface area contributed by atoms with Crippen LogP contribution in [0.5, 0.6) is 0 Å². The molecule has 4 heteroatoms. The second-order valence-electron chi connectivity index (χ2n) is 5.47. The number of hydrogen-bond donors (Lipinski definition) is 0. The lowest BCUT2D eigenvalue weighted by Crippen LogP contribution is -2.53. The molecule has 0 bridgehead atoms. The van der Waals surface area contributed by atoms with Crippen LogP contribution < -0.4 is 0 Å². The summed E-state index contributed by atoms with van der Waals surface area (Å²) >= 11 is 0. The number of nitrogens with zero attached hydrogens (tertiary/aromatic N) is 1. The number of carbonyl (C=O) groups excluding carboxylic acids is 1. The van der Waals surface area contributed by atoms with Gasteiger partial charge in [-0.3, -0.25) is 9.69 Å². The molecule has 1 fully saturated rings. The van der Waals surface area contributed by atoms with Crippen molar-refractivity contribution >= 4 is 5.97 Å². The van der Waals surface area contributed by atoms with Crippen molar-refractivity contribution in [2.24, 2.45) is 0 Å². The van der Waals surface area contributed by atoms with E-state index in [9.17, 15) is 4.79 Å². The van der Waals surface area contributed by atoms with Crippen LogP contribution in [0.15, 0.2) is 0 Å². The molecule has 0 aromatic rings. The van der Waals surface area contributed by atoms with Gasteiger partial charge in [0, 0.05) is 18.5 Å². The van der Waals surface area contributed by atoms with Crippen molar-refractivity contribution in [3.05, 3.63) is 0 Å². The predicted octanol–water partition coefficient (Wildman–Crippen LogP) is 2.22. The quantitative estimate of drug-likeness (QED) is 0.518. The highest BCUT2D eigenvalue weighted by molar-refractivity contribution is 5.69. The summed E-state index contributed by atoms with van der Waals surface area (Å²) < 4.78 is 10.4. The molecule has 4 nitrogen and oxygen atoms in total. The van der Waals surface area contributed by atoms with Gasteiger partial charge in [-0.05, 0) is 40.2 Å². The number of morpholine rings is 1. The molecule has 0 aliphatic carbocycles. The number of ether oxygens (including phenoxy) is 2. The van der Waals surface area contributed by atoms with E-state index in [1.165, 1.54) is 0 Å². The van der Waals surface area contributed by atoms with Gasteiger partial charge in [-0.25, -0.2) is 0 Å². The SMILES string of the molecule is CCOC(=O)CCCCCN1CCOCC1(C)C. The van der Waals surface area contributed by atoms with E-state index in [0.717, 1.165) is 45.6 Å². The first-order valence-corrected chi connectivity index (χ1v) is 7.04. The van der Waals surface area contributed by atoms with Gasteiger partial charge in [0.2, 0.25) is 0 Å². The highest BCUT2D eigenvalue weighted by Crippen LogP contribution is 2.19. The first-order chi connectivity index (χ1) is 8.56. The van der Waals surface area contributed by atoms with Crippen LogP contribution in [0.4, 0.5) is 0 Å². The summed E-state index contributed by atoms with van der Waals surface area (Å²) in [5, 5.41) is 0. The number of rotatable bonds is 7. The zero-order chi connectivity index (χ0) is 13.4. The zero-order valence-corrected chi connectivity index (χ0v) is 12.0. The number of carbonyl (C=O) groups is 1. The molecule has 106 valence electrons. The van der Waals surface area contributed by atoms with Gasteiger partial charge in [-0.2, -0.15) is 0 Å². The first kappa shape index (κ1) is 15.4. The van der Waals surface area contributed by atoms with Gasteiger partial charge in [0.05, 0.1) is 19.8 Å². The van der Waals surface area contributed by atoms with Crippen LogP contribution in [0.3, 0.4) is 0 Å². The van der Waals surface area contributed by atoms with Gasteiger partial charge >= 0.3 is 5.97 Å². The lowest BCUT2D eigenvalue weighted by Gasteiger charge is -2.42. The summed E-state index contributed by atoms with van der Waals surface area (Å²) in [5.74, 6) is -0.0656. The van der Waals surface area contributed by atoms with Gasteiger partial charge in [0.15, 0.2) is 0 Å². The van der Waals surface area contributed by atoms with Crippen LogP contribution in [0.1, 0.15) is 46.5 Å². The Labute approximate surface area is 111 Å². The maximum absolute atomic E-state index is 11.2. The van der Waals surface area contributed by atoms with E-state index in [0.29, 0.717) is 13.0 Å². The molecule has 0 spiro atoms. The third kappa shape index (κ3) is 5.36. The summed E-state index contributed by atoms with van der Waals surface area (Å²) in [4.78, 5) is 13.6. The zero-order valence-electron chi connectivity index (χ0n) is 12.0. The molecule has 1 aliphatic rings. The molecule has 0 atom stereocenters. The monoisotopic (exact) mass is 257 g/mol. The standard InChI is InChI=1S/C14H27NO3/c1-4-18-13(16)8-6-5-7-9-15-10-11-17-12-14(15,2)3/h4-12H2,1-3H3. The van der Waals surface area contributed by atoms with Crippen LogP contribution in [0.25, 0.3) is 0 Å². The Morgan fingerprint density at radius 3 is 2.78 bits per heavy atom. The van der Waals surface area contributed by atoms with E-state index in [-0.39, 0.29) is 11.5 Å². The molecule has 1 rings (SSSR count). The molecule has 1 aliphatic heterocycles. The molecule has 0 amide bonds. The maximum atomic E-state index is 11.2. The molecule has 0 unspecified atom stereocenters. The molecule has 0 N–H and O–H groups in total. The topological polar surface area (TPSA) is 38.8 Å². The van der Waals surface area contributed by atoms with E-state index in [4.69, 9.17) is 9.47 Å². The molecule has 0 aromatic heterocycles. The largest absolute Gasteiger partial charge is 0.466 e. The average Bonchev–Trinajstić information content (AvgIpc) is 2.30. The second-order valence-corrected chi connectivity index (χ2v) is 5.47. The maximum Gasteiger partial charge on any atom is 0.305 e. The van der Waals surface area contributed by atoms with Gasteiger partial charge in [0.25, 0.3) is 0 Å². The number of hydrogen-bond acceptors (Lipinski definition) is 4. The predicted molar refractivity (Wildman–Crippen MR) is 71.6 cm³/mol. The summed E-state index contributed by atoms with van der Waals surface area (Å²) in [6.45, 7) is 10.6. The smallest absolute Gasteiger partial charge is 0.305 e. The van der Waals surface area contributed by atoms with Crippen LogP contribution in [-0.2, 0) is 14.3 Å². The first-order valence-electron chi connectivity index (χ1n) is 7.04. The molecule has 18 heavy (non-hydrogen) atoms. The Bertz CT molecular complexity index is 253. The average molecular weight is 257 g/mol. The van der Waals surface area contributed by atoms with Crippen molar-refractivity contribution in [2.75, 3.05) is 32.9 Å². The van der Waals surface area contributed by atoms with Crippen molar-refractivity contribution in [2.45, 2.75) is 52.0 Å². The molecule has 1 heterocycles. The molecule has 1 saturated heterocycles. The van der Waals surface area contributed by atoms with Gasteiger partial charge < -0.3 is 9.47 Å². The Morgan fingerprint density at radius 1 is 1.33 bits per heavy atom. The van der Waals surface area contributed by atoms with Gasteiger partial charge in [-0.1, -0.05) is 6.42 Å². The van der Waals surface area contributed by atoms with E-state index in [1.807, 2.05) is 6.92 Å². The third-order valence-electron chi connectivity index (χ3n) is 3.43. The minimum absolute atomic E-state index is 0.0656. The van der Waals surface area contributed by atoms with Crippen molar-refractivity contribution in [1.29, 1.82) is 0 Å². The summed E-state index contributed by atoms with van der Waals surface area (Å²) in [5.41, 5.74) is 0.152. The normalized spacial score (nSPS) is 19.7. The van der Waals surface area contributed by atoms with Crippen molar-refractivity contribution in [3.8, 4) is 0 Å². The Kier molecular flexibility index (Phi) is 6.65. The highest BCUT2D eigenvalue weighted by atomic mass is 16.5. The molecular formula is C14H27NO3. The fraction of sp³-hybridized carbons (Fsp3) is 0.929. The minimum atomic E-state index is -0.0656. The number of esters is 1. The number of unbranched alkanes of at least 4 members (excludes halogenated alkanes) is 2. The second kappa shape index (κ2) is 7.74. The van der Waals surface area contributed by atoms with E-state index in [2.05, 4.69) is 18.7 Å². The van der Waals surface area contributed by atoms with Crippen molar-refractivity contribution in [1.82, 2.24) is 4.90 Å². The highest BCUT2D eigenvalue weighted by Gasteiger charge is 2.29. The van der Waals surface area contributed by atoms with Crippen LogP contribution in [-0.4, -0.2) is 49.3 Å². The van der Waals surface area contributed by atoms with E-state index in [1.54, 1.807) is 0 Å². The lowest BCUT2D eigenvalue weighted by molar-refractivity contribution is -0.143. The van der Waals surface area contributed by atoms with Crippen molar-refractivity contribution < 1.29 is 14.3 Å². The van der Waals surface area contributed by atoms with Crippen LogP contribution >= 0.6 is 0 Å². The summed E-state index contributed by atoms with van der Waals surface area (Å²) in [6.07, 6.45) is 3.72. The molecule has 0 saturated carbocycles. The Hall–Kier alpha value is -0.610. The fourth-order valence-electron chi connectivity index (χ4n) is 2.29. The summed E-state index contributed by atoms with van der Waals surface area (Å²) in [7, 11) is 0. The Balaban J connectivity index is 2.08. The van der Waals surface area contributed by atoms with Crippen LogP contribution in [0.2, 0.25) is 0 Å².